The molecule has 0 aromatic heterocycles. The summed E-state index contributed by atoms with van der Waals surface area (Å²) in [5, 5.41) is 44.4. The first-order valence-corrected chi connectivity index (χ1v) is 32.9. The van der Waals surface area contributed by atoms with Crippen molar-refractivity contribution in [2.24, 2.45) is 0 Å². The molecule has 0 unspecified atom stereocenters. The molecule has 27 heteroatoms. The van der Waals surface area contributed by atoms with Crippen molar-refractivity contribution in [2.75, 3.05) is 0 Å². The van der Waals surface area contributed by atoms with Gasteiger partial charge in [0.1, 0.15) is 51.9 Å². The van der Waals surface area contributed by atoms with E-state index >= 15 is 0 Å². The molecule has 0 spiro atoms. The molecule has 6 aliphatic rings. The van der Waals surface area contributed by atoms with E-state index in [1.165, 1.54) is 20.8 Å². The van der Waals surface area contributed by atoms with Gasteiger partial charge in [0.15, 0.2) is 0 Å². The second-order valence-electron chi connectivity index (χ2n) is 30.6. The molecule has 0 aromatic rings. The molecule has 6 saturated carbocycles. The summed E-state index contributed by atoms with van der Waals surface area (Å²) in [7, 11) is 0. The number of hydrogen-bond acceptors (Lipinski definition) is 21. The third-order valence-corrected chi connectivity index (χ3v) is 13.7. The van der Waals surface area contributed by atoms with Crippen LogP contribution in [0, 0.1) is 0 Å². The number of carbonyl (C=O) groups excluding carboxylic acids is 9. The van der Waals surface area contributed by atoms with Crippen molar-refractivity contribution in [2.45, 2.75) is 367 Å². The normalized spacial score (nSPS) is 25.7. The molecule has 6 aliphatic carbocycles. The van der Waals surface area contributed by atoms with Gasteiger partial charge in [0, 0.05) is 76.3 Å². The molecule has 27 nitrogen and oxygen atoms in total. The molecule has 6 fully saturated rings. The molecule has 6 amide bonds. The van der Waals surface area contributed by atoms with E-state index in [1.807, 2.05) is 125 Å². The number of aliphatic hydroxyl groups is 3. The number of carbonyl (C=O) groups is 9. The number of alkyl carbamates (subject to hydrolysis) is 6. The zero-order valence-corrected chi connectivity index (χ0v) is 59.8. The van der Waals surface area contributed by atoms with Gasteiger partial charge in [0.25, 0.3) is 0 Å². The van der Waals surface area contributed by atoms with Crippen molar-refractivity contribution in [1.29, 1.82) is 0 Å². The van der Waals surface area contributed by atoms with E-state index in [4.69, 9.17) is 42.6 Å². The summed E-state index contributed by atoms with van der Waals surface area (Å²) in [6, 6.07) is 0.317. The number of ether oxygens (including phenoxy) is 9. The van der Waals surface area contributed by atoms with Crippen LogP contribution in [0.25, 0.3) is 0 Å². The van der Waals surface area contributed by atoms with Crippen LogP contribution in [-0.4, -0.2) is 176 Å². The van der Waals surface area contributed by atoms with E-state index in [0.717, 1.165) is 77.0 Å². The summed E-state index contributed by atoms with van der Waals surface area (Å²) in [6.45, 7) is 37.1. The second-order valence-corrected chi connectivity index (χ2v) is 30.6. The summed E-state index contributed by atoms with van der Waals surface area (Å²) in [5.74, 6) is -0.811. The molecule has 0 heterocycles. The van der Waals surface area contributed by atoms with E-state index in [-0.39, 0.29) is 90.8 Å². The van der Waals surface area contributed by atoms with Crippen LogP contribution in [-0.2, 0) is 57.0 Å². The minimum absolute atomic E-state index is 0.0363. The minimum Gasteiger partial charge on any atom is -0.462 e. The average Bonchev–Trinajstić information content (AvgIpc) is 2.01. The SMILES string of the molecule is CC(=O)O[C@@H]1CC[C@H](NC(=O)OC(C)(C)C)C1.CC(=O)O[C@H]1CC[C@@H](NC(=O)OC(C)(C)C)C1.CC(=O)O[C@H]1CC[C@@H](NC(=O)OC(C)(C)C)C1.CC(C)(C)OC(=O)N[C@@H]1CC[C@H](O)C1.CC(C)(C)OC(=O)N[C@H]1CC[C@@H](O)C1.CC(C)(C)OC(=O)N[C@H]1CC[C@@H](O)C1. The van der Waals surface area contributed by atoms with Crippen LogP contribution >= 0.6 is 0 Å². The number of hydrogen-bond donors (Lipinski definition) is 9. The highest BCUT2D eigenvalue weighted by atomic mass is 16.6. The Bertz CT molecular complexity index is 2080. The van der Waals surface area contributed by atoms with Crippen molar-refractivity contribution < 1.29 is 101 Å². The highest BCUT2D eigenvalue weighted by Crippen LogP contribution is 2.27. The lowest BCUT2D eigenvalue weighted by molar-refractivity contribution is -0.147. The molecule has 0 radical (unpaired) electrons. The minimum atomic E-state index is -0.488. The molecule has 0 aliphatic heterocycles. The third-order valence-electron chi connectivity index (χ3n) is 13.7. The second kappa shape index (κ2) is 39.1. The smallest absolute Gasteiger partial charge is 0.407 e. The van der Waals surface area contributed by atoms with Gasteiger partial charge in [0.2, 0.25) is 0 Å². The van der Waals surface area contributed by atoms with Crippen LogP contribution < -0.4 is 31.9 Å². The zero-order valence-electron chi connectivity index (χ0n) is 59.8. The van der Waals surface area contributed by atoms with Gasteiger partial charge in [-0.05, 0) is 221 Å². The molecule has 12 atom stereocenters. The van der Waals surface area contributed by atoms with Crippen molar-refractivity contribution in [3.05, 3.63) is 0 Å². The highest BCUT2D eigenvalue weighted by molar-refractivity contribution is 5.71. The number of amides is 6. The number of esters is 3. The van der Waals surface area contributed by atoms with Crippen LogP contribution in [0.3, 0.4) is 0 Å². The first kappa shape index (κ1) is 84.9. The zero-order chi connectivity index (χ0) is 71.5. The van der Waals surface area contributed by atoms with Crippen molar-refractivity contribution in [3.8, 4) is 0 Å². The lowest BCUT2D eigenvalue weighted by Gasteiger charge is -2.21. The lowest BCUT2D eigenvalue weighted by atomic mass is 10.2. The van der Waals surface area contributed by atoms with Gasteiger partial charge < -0.3 is 89.9 Å². The molecular weight excluding hydrogens is 1210 g/mol. The predicted octanol–water partition coefficient (Wildman–Crippen LogP) is 10.3. The van der Waals surface area contributed by atoms with Crippen LogP contribution in [0.4, 0.5) is 28.8 Å². The summed E-state index contributed by atoms with van der Waals surface area (Å²) < 4.78 is 46.1. The van der Waals surface area contributed by atoms with Gasteiger partial charge in [-0.3, -0.25) is 14.4 Å². The van der Waals surface area contributed by atoms with Gasteiger partial charge >= 0.3 is 54.5 Å². The Labute approximate surface area is 553 Å². The molecule has 0 aromatic carbocycles. The average molecular weight is 1330 g/mol. The van der Waals surface area contributed by atoms with Crippen LogP contribution in [0.15, 0.2) is 0 Å². The van der Waals surface area contributed by atoms with Crippen LogP contribution in [0.5, 0.6) is 0 Å². The topological polar surface area (TPSA) is 370 Å². The maximum Gasteiger partial charge on any atom is 0.407 e. The van der Waals surface area contributed by atoms with E-state index < -0.39 is 70.2 Å². The summed E-state index contributed by atoms with van der Waals surface area (Å²) >= 11 is 0. The summed E-state index contributed by atoms with van der Waals surface area (Å²) in [4.78, 5) is 101. The molecule has 0 saturated heterocycles. The van der Waals surface area contributed by atoms with Gasteiger partial charge in [0.05, 0.1) is 18.3 Å². The quantitative estimate of drug-likeness (QED) is 0.0765. The fraction of sp³-hybridized carbons (Fsp3) is 0.864. The van der Waals surface area contributed by atoms with Gasteiger partial charge in [-0.1, -0.05) is 0 Å². The first-order chi connectivity index (χ1) is 42.4. The standard InChI is InChI=1S/3C12H21NO4.3C10H19NO3/c3*1-8(14)16-10-6-5-9(7-10)13-11(15)17-12(2,3)4;3*1-10(2,3)14-9(13)11-7-4-5-8(12)6-7/h3*9-10H,5-7H2,1-4H3,(H,13,15);3*7-8,12H,4-6H2,1-3H3,(H,11,13)/t3*9-,10+;3*7-,8+/m110100/s1. The highest BCUT2D eigenvalue weighted by Gasteiger charge is 2.34. The Morgan fingerprint density at radius 1 is 0.258 bits per heavy atom. The largest absolute Gasteiger partial charge is 0.462 e. The number of nitrogens with one attached hydrogen (secondary N) is 6. The Hall–Kier alpha value is -6.09. The fourth-order valence-electron chi connectivity index (χ4n) is 10.4. The Kier molecular flexibility index (Phi) is 35.7. The first-order valence-electron chi connectivity index (χ1n) is 32.9. The predicted molar refractivity (Wildman–Crippen MR) is 347 cm³/mol. The summed E-state index contributed by atoms with van der Waals surface area (Å²) in [6.07, 6.45) is 10.1. The third kappa shape index (κ3) is 46.6. The van der Waals surface area contributed by atoms with Crippen molar-refractivity contribution in [3.63, 3.8) is 0 Å². The van der Waals surface area contributed by atoms with Crippen molar-refractivity contribution in [1.82, 2.24) is 31.9 Å². The Morgan fingerprint density at radius 3 is 0.538 bits per heavy atom. The lowest BCUT2D eigenvalue weighted by Crippen LogP contribution is -2.38. The van der Waals surface area contributed by atoms with E-state index in [0.29, 0.717) is 38.5 Å². The molecule has 540 valence electrons. The van der Waals surface area contributed by atoms with Crippen LogP contribution in [0.1, 0.15) is 261 Å². The Balaban J connectivity index is 0.000000559. The monoisotopic (exact) mass is 1330 g/mol. The molecule has 6 rings (SSSR count). The summed E-state index contributed by atoms with van der Waals surface area (Å²) in [5.41, 5.74) is -2.84. The van der Waals surface area contributed by atoms with Crippen LogP contribution in [0.2, 0.25) is 0 Å². The number of aliphatic hydroxyl groups excluding tert-OH is 3. The van der Waals surface area contributed by atoms with Gasteiger partial charge in [-0.15, -0.1) is 0 Å². The number of rotatable bonds is 9. The maximum atomic E-state index is 11.5. The van der Waals surface area contributed by atoms with Crippen molar-refractivity contribution >= 4 is 54.5 Å². The van der Waals surface area contributed by atoms with E-state index in [2.05, 4.69) is 31.9 Å². The molecule has 9 N–H and O–H groups in total. The van der Waals surface area contributed by atoms with Gasteiger partial charge in [-0.25, -0.2) is 28.8 Å². The molecular formula is C66H120N6O21. The Morgan fingerprint density at radius 2 is 0.409 bits per heavy atom. The molecule has 93 heavy (non-hydrogen) atoms. The maximum absolute atomic E-state index is 11.5. The molecule has 0 bridgehead atoms. The fourth-order valence-corrected chi connectivity index (χ4v) is 10.4. The van der Waals surface area contributed by atoms with E-state index in [9.17, 15) is 58.5 Å². The van der Waals surface area contributed by atoms with E-state index in [1.54, 1.807) is 0 Å². The van der Waals surface area contributed by atoms with Gasteiger partial charge in [-0.2, -0.15) is 0 Å².